The zero-order valence-corrected chi connectivity index (χ0v) is 10.2. The van der Waals surface area contributed by atoms with Gasteiger partial charge in [-0.3, -0.25) is 4.90 Å². The highest BCUT2D eigenvalue weighted by atomic mass is 35.5. The molecule has 3 unspecified atom stereocenters. The number of likely N-dealkylation sites (tertiary alicyclic amines) is 1. The topological polar surface area (TPSA) is 3.24 Å². The van der Waals surface area contributed by atoms with Crippen molar-refractivity contribution in [2.45, 2.75) is 25.4 Å². The fourth-order valence-corrected chi connectivity index (χ4v) is 3.78. The number of rotatable bonds is 3. The number of hydrogen-bond acceptors (Lipinski definition) is 1. The van der Waals surface area contributed by atoms with E-state index in [-0.39, 0.29) is 0 Å². The van der Waals surface area contributed by atoms with Crippen molar-refractivity contribution in [1.29, 1.82) is 0 Å². The fraction of sp³-hybridized carbons (Fsp3) is 0.571. The highest BCUT2D eigenvalue weighted by Gasteiger charge is 2.43. The maximum Gasteiger partial charge on any atom is 0.0266 e. The van der Waals surface area contributed by atoms with Crippen LogP contribution in [0.5, 0.6) is 0 Å². The van der Waals surface area contributed by atoms with Crippen LogP contribution in [0.4, 0.5) is 0 Å². The Balaban J connectivity index is 1.69. The van der Waals surface area contributed by atoms with Gasteiger partial charge in [-0.25, -0.2) is 0 Å². The molecule has 1 aliphatic carbocycles. The predicted molar refractivity (Wildman–Crippen MR) is 67.6 cm³/mol. The Labute approximate surface area is 102 Å². The molecule has 3 atom stereocenters. The van der Waals surface area contributed by atoms with Crippen LogP contribution >= 0.6 is 11.6 Å². The fourth-order valence-electron chi connectivity index (χ4n) is 3.44. The van der Waals surface area contributed by atoms with Crippen molar-refractivity contribution >= 4 is 11.6 Å². The monoisotopic (exact) mass is 235 g/mol. The normalized spacial score (nSPS) is 33.4. The third kappa shape index (κ3) is 1.87. The van der Waals surface area contributed by atoms with Crippen LogP contribution < -0.4 is 0 Å². The van der Waals surface area contributed by atoms with E-state index < -0.39 is 0 Å². The van der Waals surface area contributed by atoms with Crippen LogP contribution in [0.1, 0.15) is 18.4 Å². The Morgan fingerprint density at radius 2 is 2.00 bits per heavy atom. The summed E-state index contributed by atoms with van der Waals surface area (Å²) < 4.78 is 0. The molecule has 1 saturated heterocycles. The largest absolute Gasteiger partial charge is 0.296 e. The van der Waals surface area contributed by atoms with Gasteiger partial charge in [0, 0.05) is 25.0 Å². The number of halogens is 1. The minimum Gasteiger partial charge on any atom is -0.296 e. The van der Waals surface area contributed by atoms with Gasteiger partial charge in [-0.1, -0.05) is 30.3 Å². The second-order valence-electron chi connectivity index (χ2n) is 5.23. The zero-order chi connectivity index (χ0) is 11.0. The number of benzene rings is 1. The molecule has 0 spiro atoms. The summed E-state index contributed by atoms with van der Waals surface area (Å²) in [5, 5.41) is 0. The van der Waals surface area contributed by atoms with Crippen molar-refractivity contribution in [1.82, 2.24) is 4.90 Å². The van der Waals surface area contributed by atoms with Crippen LogP contribution in [0.2, 0.25) is 0 Å². The lowest BCUT2D eigenvalue weighted by Gasteiger charge is -2.32. The first-order chi connectivity index (χ1) is 7.86. The van der Waals surface area contributed by atoms with E-state index in [1.54, 1.807) is 0 Å². The lowest BCUT2D eigenvalue weighted by molar-refractivity contribution is 0.161. The Morgan fingerprint density at radius 1 is 1.19 bits per heavy atom. The summed E-state index contributed by atoms with van der Waals surface area (Å²) in [4.78, 5) is 2.64. The highest BCUT2D eigenvalue weighted by molar-refractivity contribution is 6.18. The van der Waals surface area contributed by atoms with E-state index in [4.69, 9.17) is 11.6 Å². The second kappa shape index (κ2) is 4.38. The maximum atomic E-state index is 6.04. The molecule has 2 heteroatoms. The number of hydrogen-bond donors (Lipinski definition) is 0. The first-order valence-corrected chi connectivity index (χ1v) is 6.74. The molecular formula is C14H18ClN. The van der Waals surface area contributed by atoms with E-state index in [0.717, 1.165) is 30.3 Å². The summed E-state index contributed by atoms with van der Waals surface area (Å²) >= 11 is 6.04. The molecule has 0 radical (unpaired) electrons. The van der Waals surface area contributed by atoms with Crippen molar-refractivity contribution in [3.05, 3.63) is 35.9 Å². The molecule has 0 amide bonds. The zero-order valence-electron chi connectivity index (χ0n) is 9.48. The van der Waals surface area contributed by atoms with Crippen LogP contribution in [0.25, 0.3) is 0 Å². The first kappa shape index (κ1) is 10.6. The summed E-state index contributed by atoms with van der Waals surface area (Å²) in [6.07, 6.45) is 2.74. The lowest BCUT2D eigenvalue weighted by atomic mass is 9.99. The summed E-state index contributed by atoms with van der Waals surface area (Å²) in [7, 11) is 0. The number of alkyl halides is 1. The van der Waals surface area contributed by atoms with Gasteiger partial charge >= 0.3 is 0 Å². The molecule has 1 saturated carbocycles. The lowest BCUT2D eigenvalue weighted by Crippen LogP contribution is -2.38. The van der Waals surface area contributed by atoms with Crippen molar-refractivity contribution in [2.24, 2.45) is 11.8 Å². The molecule has 1 aliphatic heterocycles. The quantitative estimate of drug-likeness (QED) is 0.728. The van der Waals surface area contributed by atoms with Gasteiger partial charge in [-0.05, 0) is 30.2 Å². The molecule has 3 rings (SSSR count). The third-order valence-electron chi connectivity index (χ3n) is 4.14. The highest BCUT2D eigenvalue weighted by Crippen LogP contribution is 2.42. The minimum atomic E-state index is 0.740. The van der Waals surface area contributed by atoms with Gasteiger partial charge in [0.15, 0.2) is 0 Å². The smallest absolute Gasteiger partial charge is 0.0266 e. The summed E-state index contributed by atoms with van der Waals surface area (Å²) in [6.45, 7) is 2.39. The number of piperidine rings is 1. The second-order valence-corrected chi connectivity index (χ2v) is 5.54. The van der Waals surface area contributed by atoms with E-state index in [1.807, 2.05) is 0 Å². The average Bonchev–Trinajstić information content (AvgIpc) is 2.89. The van der Waals surface area contributed by atoms with Crippen molar-refractivity contribution in [3.63, 3.8) is 0 Å². The van der Waals surface area contributed by atoms with Crippen LogP contribution in [0, 0.1) is 11.8 Å². The average molecular weight is 236 g/mol. The molecule has 0 N–H and O–H groups in total. The van der Waals surface area contributed by atoms with Crippen LogP contribution in [-0.4, -0.2) is 23.4 Å². The van der Waals surface area contributed by atoms with Gasteiger partial charge < -0.3 is 0 Å². The predicted octanol–water partition coefficient (Wildman–Crippen LogP) is 3.14. The standard InChI is InChI=1S/C14H18ClN/c15-8-13-6-12-7-14(13)16(10-12)9-11-4-2-1-3-5-11/h1-5,12-14H,6-10H2. The summed E-state index contributed by atoms with van der Waals surface area (Å²) in [5.41, 5.74) is 1.43. The Bertz CT molecular complexity index is 351. The molecule has 1 heterocycles. The van der Waals surface area contributed by atoms with Gasteiger partial charge in [-0.2, -0.15) is 0 Å². The molecule has 86 valence electrons. The van der Waals surface area contributed by atoms with Crippen LogP contribution in [0.3, 0.4) is 0 Å². The molecular weight excluding hydrogens is 218 g/mol. The van der Waals surface area contributed by atoms with Gasteiger partial charge in [0.2, 0.25) is 0 Å². The van der Waals surface area contributed by atoms with Crippen molar-refractivity contribution in [2.75, 3.05) is 12.4 Å². The summed E-state index contributed by atoms with van der Waals surface area (Å²) in [6, 6.07) is 11.5. The number of nitrogens with zero attached hydrogens (tertiary/aromatic N) is 1. The third-order valence-corrected chi connectivity index (χ3v) is 4.54. The van der Waals surface area contributed by atoms with Gasteiger partial charge in [0.25, 0.3) is 0 Å². The molecule has 2 bridgehead atoms. The van der Waals surface area contributed by atoms with E-state index in [2.05, 4.69) is 35.2 Å². The number of fused-ring (bicyclic) bond motifs is 2. The van der Waals surface area contributed by atoms with Crippen molar-refractivity contribution < 1.29 is 0 Å². The molecule has 2 fully saturated rings. The van der Waals surface area contributed by atoms with E-state index >= 15 is 0 Å². The van der Waals surface area contributed by atoms with E-state index in [1.165, 1.54) is 24.9 Å². The summed E-state index contributed by atoms with van der Waals surface area (Å²) in [5.74, 6) is 2.49. The Morgan fingerprint density at radius 3 is 2.69 bits per heavy atom. The molecule has 1 aromatic carbocycles. The first-order valence-electron chi connectivity index (χ1n) is 6.20. The minimum absolute atomic E-state index is 0.740. The SMILES string of the molecule is ClCC1CC2CC1N(Cc1ccccc1)C2. The molecule has 0 aromatic heterocycles. The van der Waals surface area contributed by atoms with Gasteiger partial charge in [0.1, 0.15) is 0 Å². The Hall–Kier alpha value is -0.530. The van der Waals surface area contributed by atoms with Crippen LogP contribution in [-0.2, 0) is 6.54 Å². The molecule has 1 nitrogen and oxygen atoms in total. The van der Waals surface area contributed by atoms with Crippen molar-refractivity contribution in [3.8, 4) is 0 Å². The van der Waals surface area contributed by atoms with E-state index in [0.29, 0.717) is 0 Å². The van der Waals surface area contributed by atoms with Crippen LogP contribution in [0.15, 0.2) is 30.3 Å². The molecule has 16 heavy (non-hydrogen) atoms. The van der Waals surface area contributed by atoms with Gasteiger partial charge in [-0.15, -0.1) is 11.6 Å². The Kier molecular flexibility index (Phi) is 2.91. The maximum absolute atomic E-state index is 6.04. The molecule has 2 aliphatic rings. The van der Waals surface area contributed by atoms with Gasteiger partial charge in [0.05, 0.1) is 0 Å². The molecule has 1 aromatic rings. The van der Waals surface area contributed by atoms with E-state index in [9.17, 15) is 0 Å².